The van der Waals surface area contributed by atoms with E-state index in [0.717, 1.165) is 8.66 Å². The van der Waals surface area contributed by atoms with Crippen LogP contribution in [0.1, 0.15) is 4.88 Å². The molecule has 0 aromatic carbocycles. The van der Waals surface area contributed by atoms with E-state index in [-0.39, 0.29) is 6.54 Å². The van der Waals surface area contributed by atoms with E-state index in [1.165, 1.54) is 18.4 Å². The van der Waals surface area contributed by atoms with Gasteiger partial charge in [-0.05, 0) is 28.1 Å². The summed E-state index contributed by atoms with van der Waals surface area (Å²) in [5.41, 5.74) is 0. The van der Waals surface area contributed by atoms with Crippen LogP contribution in [0.4, 0.5) is 0 Å². The molecule has 0 saturated heterocycles. The first-order valence-corrected chi connectivity index (χ1v) is 7.60. The zero-order chi connectivity index (χ0) is 12.0. The van der Waals surface area contributed by atoms with Gasteiger partial charge >= 0.3 is 0 Å². The van der Waals surface area contributed by atoms with Gasteiger partial charge in [-0.15, -0.1) is 11.3 Å². The predicted molar refractivity (Wildman–Crippen MR) is 67.7 cm³/mol. The van der Waals surface area contributed by atoms with Gasteiger partial charge in [0.15, 0.2) is 0 Å². The molecule has 0 fully saturated rings. The van der Waals surface area contributed by atoms with Gasteiger partial charge in [-0.1, -0.05) is 0 Å². The van der Waals surface area contributed by atoms with E-state index in [1.54, 1.807) is 0 Å². The topological polar surface area (TPSA) is 67.4 Å². The molecule has 0 aliphatic carbocycles. The molecule has 1 aromatic heterocycles. The molecule has 8 heteroatoms. The SMILES string of the molecule is COCCNS(=O)(=O)NCc1ccc(Br)s1. The van der Waals surface area contributed by atoms with Gasteiger partial charge in [-0.3, -0.25) is 0 Å². The standard InChI is InChI=1S/C8H13BrN2O3S2/c1-14-5-4-10-16(12,13)11-6-7-2-3-8(9)15-7/h2-3,10-11H,4-6H2,1H3. The highest BCUT2D eigenvalue weighted by atomic mass is 79.9. The summed E-state index contributed by atoms with van der Waals surface area (Å²) in [5.74, 6) is 0. The second-order valence-electron chi connectivity index (χ2n) is 2.92. The summed E-state index contributed by atoms with van der Waals surface area (Å²) >= 11 is 4.81. The summed E-state index contributed by atoms with van der Waals surface area (Å²) in [6.07, 6.45) is 0. The van der Waals surface area contributed by atoms with E-state index in [0.29, 0.717) is 13.2 Å². The number of thiophene rings is 1. The molecule has 0 aliphatic rings. The first-order chi connectivity index (χ1) is 7.53. The molecule has 1 rings (SSSR count). The van der Waals surface area contributed by atoms with Crippen molar-refractivity contribution < 1.29 is 13.2 Å². The Hall–Kier alpha value is 0.01000. The molecule has 0 aliphatic heterocycles. The van der Waals surface area contributed by atoms with Gasteiger partial charge in [0.05, 0.1) is 10.4 Å². The molecule has 16 heavy (non-hydrogen) atoms. The van der Waals surface area contributed by atoms with Crippen molar-refractivity contribution >= 4 is 37.5 Å². The third-order valence-electron chi connectivity index (χ3n) is 1.66. The van der Waals surface area contributed by atoms with Crippen molar-refractivity contribution in [3.63, 3.8) is 0 Å². The summed E-state index contributed by atoms with van der Waals surface area (Å²) < 4.78 is 33.3. The maximum absolute atomic E-state index is 11.4. The van der Waals surface area contributed by atoms with Crippen LogP contribution in [0.5, 0.6) is 0 Å². The van der Waals surface area contributed by atoms with Gasteiger partial charge in [0, 0.05) is 25.1 Å². The van der Waals surface area contributed by atoms with Gasteiger partial charge in [0.25, 0.3) is 10.2 Å². The first-order valence-electron chi connectivity index (χ1n) is 4.51. The molecule has 0 unspecified atom stereocenters. The van der Waals surface area contributed by atoms with Crippen LogP contribution in [0.15, 0.2) is 15.9 Å². The van der Waals surface area contributed by atoms with Gasteiger partial charge in [-0.25, -0.2) is 0 Å². The van der Waals surface area contributed by atoms with Gasteiger partial charge < -0.3 is 4.74 Å². The summed E-state index contributed by atoms with van der Waals surface area (Å²) in [6, 6.07) is 3.75. The van der Waals surface area contributed by atoms with E-state index in [1.807, 2.05) is 12.1 Å². The van der Waals surface area contributed by atoms with Crippen LogP contribution in [0.25, 0.3) is 0 Å². The minimum Gasteiger partial charge on any atom is -0.383 e. The Morgan fingerprint density at radius 3 is 2.75 bits per heavy atom. The summed E-state index contributed by atoms with van der Waals surface area (Å²) in [7, 11) is -1.91. The monoisotopic (exact) mass is 328 g/mol. The fourth-order valence-electron chi connectivity index (χ4n) is 0.942. The van der Waals surface area contributed by atoms with Crippen molar-refractivity contribution in [3.8, 4) is 0 Å². The highest BCUT2D eigenvalue weighted by Crippen LogP contribution is 2.21. The Morgan fingerprint density at radius 1 is 1.44 bits per heavy atom. The molecule has 92 valence electrons. The molecule has 5 nitrogen and oxygen atoms in total. The Balaban J connectivity index is 2.36. The number of hydrogen-bond donors (Lipinski definition) is 2. The van der Waals surface area contributed by atoms with Crippen molar-refractivity contribution in [1.29, 1.82) is 0 Å². The molecule has 0 saturated carbocycles. The van der Waals surface area contributed by atoms with E-state index < -0.39 is 10.2 Å². The predicted octanol–water partition coefficient (Wildman–Crippen LogP) is 1.08. The van der Waals surface area contributed by atoms with Gasteiger partial charge in [0.1, 0.15) is 0 Å². The lowest BCUT2D eigenvalue weighted by atomic mass is 10.5. The van der Waals surface area contributed by atoms with Crippen molar-refractivity contribution in [1.82, 2.24) is 9.44 Å². The number of halogens is 1. The summed E-state index contributed by atoms with van der Waals surface area (Å²) in [5, 5.41) is 0. The molecule has 0 amide bonds. The van der Waals surface area contributed by atoms with Crippen LogP contribution < -0.4 is 9.44 Å². The van der Waals surface area contributed by atoms with Crippen LogP contribution in [0.3, 0.4) is 0 Å². The molecular formula is C8H13BrN2O3S2. The smallest absolute Gasteiger partial charge is 0.277 e. The maximum Gasteiger partial charge on any atom is 0.277 e. The number of ether oxygens (including phenoxy) is 1. The molecule has 0 spiro atoms. The minimum absolute atomic E-state index is 0.264. The number of hydrogen-bond acceptors (Lipinski definition) is 4. The van der Waals surface area contributed by atoms with E-state index in [9.17, 15) is 8.42 Å². The van der Waals surface area contributed by atoms with Crippen LogP contribution >= 0.6 is 27.3 Å². The molecule has 1 heterocycles. The van der Waals surface area contributed by atoms with Crippen molar-refractivity contribution in [2.24, 2.45) is 0 Å². The van der Waals surface area contributed by atoms with Crippen molar-refractivity contribution in [2.45, 2.75) is 6.54 Å². The molecule has 0 radical (unpaired) electrons. The van der Waals surface area contributed by atoms with E-state index in [4.69, 9.17) is 4.74 Å². The number of methoxy groups -OCH3 is 1. The zero-order valence-corrected chi connectivity index (χ0v) is 11.9. The van der Waals surface area contributed by atoms with Crippen LogP contribution in [0.2, 0.25) is 0 Å². The third-order valence-corrected chi connectivity index (χ3v) is 4.40. The molecular weight excluding hydrogens is 316 g/mol. The normalized spacial score (nSPS) is 11.9. The Labute approximate surface area is 108 Å². The minimum atomic E-state index is -3.43. The van der Waals surface area contributed by atoms with Crippen LogP contribution in [-0.2, 0) is 21.5 Å². The largest absolute Gasteiger partial charge is 0.383 e. The Morgan fingerprint density at radius 2 is 2.19 bits per heavy atom. The van der Waals surface area contributed by atoms with Crippen LogP contribution in [0, 0.1) is 0 Å². The average Bonchev–Trinajstić information content (AvgIpc) is 2.62. The number of nitrogens with one attached hydrogen (secondary N) is 2. The Kier molecular flexibility index (Phi) is 5.87. The lowest BCUT2D eigenvalue weighted by Crippen LogP contribution is -2.37. The highest BCUT2D eigenvalue weighted by Gasteiger charge is 2.08. The lowest BCUT2D eigenvalue weighted by molar-refractivity contribution is 0.204. The maximum atomic E-state index is 11.4. The average molecular weight is 329 g/mol. The van der Waals surface area contributed by atoms with Gasteiger partial charge in [0.2, 0.25) is 0 Å². The van der Waals surface area contributed by atoms with Crippen molar-refractivity contribution in [2.75, 3.05) is 20.3 Å². The van der Waals surface area contributed by atoms with Crippen molar-refractivity contribution in [3.05, 3.63) is 20.8 Å². The van der Waals surface area contributed by atoms with Crippen LogP contribution in [-0.4, -0.2) is 28.7 Å². The first kappa shape index (κ1) is 14.1. The summed E-state index contributed by atoms with van der Waals surface area (Å²) in [6.45, 7) is 0.907. The van der Waals surface area contributed by atoms with E-state index in [2.05, 4.69) is 25.4 Å². The van der Waals surface area contributed by atoms with Gasteiger partial charge in [-0.2, -0.15) is 17.9 Å². The third kappa shape index (κ3) is 5.37. The fraction of sp³-hybridized carbons (Fsp3) is 0.500. The molecule has 2 N–H and O–H groups in total. The second kappa shape index (κ2) is 6.67. The highest BCUT2D eigenvalue weighted by molar-refractivity contribution is 9.11. The quantitative estimate of drug-likeness (QED) is 0.736. The second-order valence-corrected chi connectivity index (χ2v) is 7.05. The van der Waals surface area contributed by atoms with E-state index >= 15 is 0 Å². The summed E-state index contributed by atoms with van der Waals surface area (Å²) in [4.78, 5) is 0.948. The Bertz CT molecular complexity index is 419. The molecule has 1 aromatic rings. The number of rotatable bonds is 7. The fourth-order valence-corrected chi connectivity index (χ4v) is 3.26. The molecule has 0 atom stereocenters. The molecule has 0 bridgehead atoms. The lowest BCUT2D eigenvalue weighted by Gasteiger charge is -2.06. The zero-order valence-electron chi connectivity index (χ0n) is 8.70.